The highest BCUT2D eigenvalue weighted by Gasteiger charge is 2.07. The van der Waals surface area contributed by atoms with E-state index in [9.17, 15) is 5.11 Å². The minimum absolute atomic E-state index is 0.102. The van der Waals surface area contributed by atoms with Crippen LogP contribution in [0.5, 0.6) is 0 Å². The molecule has 0 radical (unpaired) electrons. The molecule has 0 saturated carbocycles. The molecule has 2 aromatic carbocycles. The predicted molar refractivity (Wildman–Crippen MR) is 101 cm³/mol. The lowest BCUT2D eigenvalue weighted by atomic mass is 10.0. The molecule has 0 aliphatic carbocycles. The highest BCUT2D eigenvalue weighted by molar-refractivity contribution is 7.98. The van der Waals surface area contributed by atoms with Gasteiger partial charge >= 0.3 is 0 Å². The first-order chi connectivity index (χ1) is 11.2. The molecule has 1 nitrogen and oxygen atoms in total. The maximum atomic E-state index is 9.32. The van der Waals surface area contributed by atoms with Gasteiger partial charge in [-0.25, -0.2) is 0 Å². The van der Waals surface area contributed by atoms with Crippen LogP contribution in [-0.4, -0.2) is 11.4 Å². The molecule has 0 atom stereocenters. The summed E-state index contributed by atoms with van der Waals surface area (Å²) >= 11 is 3.61. The Hall–Kier alpha value is -1.55. The van der Waals surface area contributed by atoms with E-state index in [1.54, 1.807) is 11.8 Å². The minimum Gasteiger partial charge on any atom is -0.392 e. The van der Waals surface area contributed by atoms with E-state index < -0.39 is 0 Å². The van der Waals surface area contributed by atoms with Crippen LogP contribution in [-0.2, 0) is 13.0 Å². The fourth-order valence-corrected chi connectivity index (χ4v) is 4.03. The topological polar surface area (TPSA) is 20.2 Å². The Kier molecular flexibility index (Phi) is 5.21. The molecule has 0 aliphatic heterocycles. The Bertz CT molecular complexity index is 788. The molecule has 23 heavy (non-hydrogen) atoms. The molecular formula is C20H20OS2. The monoisotopic (exact) mass is 340 g/mol. The Morgan fingerprint density at radius 2 is 1.78 bits per heavy atom. The van der Waals surface area contributed by atoms with Crippen molar-refractivity contribution in [3.05, 3.63) is 76.2 Å². The third-order valence-electron chi connectivity index (χ3n) is 4.00. The van der Waals surface area contributed by atoms with Crippen molar-refractivity contribution in [1.29, 1.82) is 0 Å². The summed E-state index contributed by atoms with van der Waals surface area (Å²) in [4.78, 5) is 3.96. The van der Waals surface area contributed by atoms with Crippen molar-refractivity contribution in [2.45, 2.75) is 24.8 Å². The zero-order valence-electron chi connectivity index (χ0n) is 13.4. The first-order valence-electron chi connectivity index (χ1n) is 7.62. The molecule has 1 heterocycles. The van der Waals surface area contributed by atoms with E-state index in [2.05, 4.69) is 61.7 Å². The molecule has 0 spiro atoms. The fraction of sp³-hybridized carbons (Fsp3) is 0.200. The summed E-state index contributed by atoms with van der Waals surface area (Å²) in [5.74, 6) is 0. The van der Waals surface area contributed by atoms with Gasteiger partial charge in [-0.1, -0.05) is 30.3 Å². The summed E-state index contributed by atoms with van der Waals surface area (Å²) in [6.07, 6.45) is 3.02. The van der Waals surface area contributed by atoms with E-state index in [1.807, 2.05) is 17.4 Å². The number of benzene rings is 2. The smallest absolute Gasteiger partial charge is 0.0681 e. The van der Waals surface area contributed by atoms with Gasteiger partial charge in [-0.05, 0) is 59.7 Å². The molecular weight excluding hydrogens is 320 g/mol. The highest BCUT2D eigenvalue weighted by Crippen LogP contribution is 2.31. The second kappa shape index (κ2) is 7.35. The summed E-state index contributed by atoms with van der Waals surface area (Å²) in [5.41, 5.74) is 4.83. The van der Waals surface area contributed by atoms with Gasteiger partial charge < -0.3 is 5.11 Å². The van der Waals surface area contributed by atoms with Gasteiger partial charge in [0.1, 0.15) is 0 Å². The van der Waals surface area contributed by atoms with Gasteiger partial charge in [-0.2, -0.15) is 0 Å². The van der Waals surface area contributed by atoms with Crippen molar-refractivity contribution < 1.29 is 5.11 Å². The second-order valence-corrected chi connectivity index (χ2v) is 7.64. The molecule has 0 unspecified atom stereocenters. The molecule has 3 heteroatoms. The number of thioether (sulfide) groups is 1. The van der Waals surface area contributed by atoms with Gasteiger partial charge in [0.15, 0.2) is 0 Å². The van der Waals surface area contributed by atoms with Crippen LogP contribution >= 0.6 is 23.1 Å². The van der Waals surface area contributed by atoms with Gasteiger partial charge in [0.05, 0.1) is 6.61 Å². The van der Waals surface area contributed by atoms with Crippen LogP contribution in [0, 0.1) is 6.92 Å². The zero-order chi connectivity index (χ0) is 16.2. The lowest BCUT2D eigenvalue weighted by Gasteiger charge is -2.06. The molecule has 0 fully saturated rings. The number of hydrogen-bond acceptors (Lipinski definition) is 3. The van der Waals surface area contributed by atoms with Gasteiger partial charge in [0, 0.05) is 21.1 Å². The fourth-order valence-electron chi connectivity index (χ4n) is 2.58. The normalized spacial score (nSPS) is 10.9. The van der Waals surface area contributed by atoms with Crippen LogP contribution in [0.3, 0.4) is 0 Å². The van der Waals surface area contributed by atoms with E-state index in [-0.39, 0.29) is 6.61 Å². The van der Waals surface area contributed by atoms with E-state index in [0.29, 0.717) is 0 Å². The summed E-state index contributed by atoms with van der Waals surface area (Å²) < 4.78 is 0. The third kappa shape index (κ3) is 3.86. The van der Waals surface area contributed by atoms with Crippen molar-refractivity contribution in [3.63, 3.8) is 0 Å². The molecule has 0 saturated heterocycles. The summed E-state index contributed by atoms with van der Waals surface area (Å²) in [5, 5.41) is 9.32. The third-order valence-corrected chi connectivity index (χ3v) is 5.87. The largest absolute Gasteiger partial charge is 0.392 e. The Morgan fingerprint density at radius 3 is 2.48 bits per heavy atom. The molecule has 1 N–H and O–H groups in total. The number of hydrogen-bond donors (Lipinski definition) is 1. The maximum absolute atomic E-state index is 9.32. The molecule has 0 bridgehead atoms. The van der Waals surface area contributed by atoms with Crippen LogP contribution in [0.4, 0.5) is 0 Å². The average molecular weight is 341 g/mol. The van der Waals surface area contributed by atoms with Crippen molar-refractivity contribution in [2.75, 3.05) is 6.26 Å². The number of aliphatic hydroxyl groups excluding tert-OH is 1. The number of rotatable bonds is 5. The Labute approximate surface area is 146 Å². The number of aliphatic hydroxyl groups is 1. The minimum atomic E-state index is 0.102. The van der Waals surface area contributed by atoms with E-state index in [1.165, 1.54) is 31.3 Å². The lowest BCUT2D eigenvalue weighted by molar-refractivity contribution is 0.281. The molecule has 118 valence electrons. The molecule has 1 aromatic heterocycles. The van der Waals surface area contributed by atoms with Gasteiger partial charge in [-0.3, -0.25) is 0 Å². The van der Waals surface area contributed by atoms with Crippen molar-refractivity contribution in [2.24, 2.45) is 0 Å². The Balaban J connectivity index is 1.81. The lowest BCUT2D eigenvalue weighted by Crippen LogP contribution is -1.92. The first-order valence-corrected chi connectivity index (χ1v) is 9.66. The van der Waals surface area contributed by atoms with Gasteiger partial charge in [-0.15, -0.1) is 23.1 Å². The van der Waals surface area contributed by atoms with E-state index in [0.717, 1.165) is 12.0 Å². The predicted octanol–water partition coefficient (Wildman–Crippen LogP) is 5.53. The maximum Gasteiger partial charge on any atom is 0.0681 e. The standard InChI is InChI=1S/C20H20OS2/c1-14-3-4-15(13-21)11-17(14)12-19-9-10-20(23-19)16-5-7-18(22-2)8-6-16/h3-11,21H,12-13H2,1-2H3. The molecule has 3 aromatic rings. The van der Waals surface area contributed by atoms with E-state index >= 15 is 0 Å². The highest BCUT2D eigenvalue weighted by atomic mass is 32.2. The molecule has 0 amide bonds. The molecule has 3 rings (SSSR count). The summed E-state index contributed by atoms with van der Waals surface area (Å²) in [6.45, 7) is 2.23. The van der Waals surface area contributed by atoms with Crippen LogP contribution in [0.1, 0.15) is 21.6 Å². The van der Waals surface area contributed by atoms with Crippen LogP contribution < -0.4 is 0 Å². The first kappa shape index (κ1) is 16.3. The van der Waals surface area contributed by atoms with Crippen LogP contribution in [0.15, 0.2) is 59.5 Å². The van der Waals surface area contributed by atoms with Crippen molar-refractivity contribution >= 4 is 23.1 Å². The van der Waals surface area contributed by atoms with Crippen LogP contribution in [0.2, 0.25) is 0 Å². The van der Waals surface area contributed by atoms with Crippen LogP contribution in [0.25, 0.3) is 10.4 Å². The molecule has 0 aliphatic rings. The van der Waals surface area contributed by atoms with Crippen molar-refractivity contribution in [1.82, 2.24) is 0 Å². The summed E-state index contributed by atoms with van der Waals surface area (Å²) in [7, 11) is 0. The average Bonchev–Trinajstić information content (AvgIpc) is 3.05. The van der Waals surface area contributed by atoms with E-state index in [4.69, 9.17) is 0 Å². The zero-order valence-corrected chi connectivity index (χ0v) is 15.0. The quantitative estimate of drug-likeness (QED) is 0.616. The van der Waals surface area contributed by atoms with Gasteiger partial charge in [0.2, 0.25) is 0 Å². The second-order valence-electron chi connectivity index (χ2n) is 5.59. The number of thiophene rings is 1. The SMILES string of the molecule is CSc1ccc(-c2ccc(Cc3cc(CO)ccc3C)s2)cc1. The van der Waals surface area contributed by atoms with Crippen molar-refractivity contribution in [3.8, 4) is 10.4 Å². The number of aryl methyl sites for hydroxylation is 1. The summed E-state index contributed by atoms with van der Waals surface area (Å²) in [6, 6.07) is 19.4. The van der Waals surface area contributed by atoms with Gasteiger partial charge in [0.25, 0.3) is 0 Å². The Morgan fingerprint density at radius 1 is 1.00 bits per heavy atom.